The highest BCUT2D eigenvalue weighted by Gasteiger charge is 2.22. The average molecular weight is 233 g/mol. The van der Waals surface area contributed by atoms with Crippen LogP contribution in [0.1, 0.15) is 12.1 Å². The third kappa shape index (κ3) is 2.02. The van der Waals surface area contributed by atoms with Gasteiger partial charge in [-0.05, 0) is 6.42 Å². The number of thiazole rings is 1. The molecule has 0 amide bonds. The van der Waals surface area contributed by atoms with Gasteiger partial charge in [0.15, 0.2) is 5.13 Å². The Morgan fingerprint density at radius 2 is 2.64 bits per heavy atom. The highest BCUT2D eigenvalue weighted by Crippen LogP contribution is 2.24. The molecule has 14 heavy (non-hydrogen) atoms. The predicted molar refractivity (Wildman–Crippen MR) is 59.3 cm³/mol. The number of likely N-dealkylation sites (N-methyl/N-ethyl adjacent to an activating group) is 1. The van der Waals surface area contributed by atoms with E-state index < -0.39 is 0 Å². The molecule has 0 saturated carbocycles. The fourth-order valence-corrected chi connectivity index (χ4v) is 2.59. The molecule has 1 aromatic heterocycles. The first-order chi connectivity index (χ1) is 6.81. The Kier molecular flexibility index (Phi) is 3.26. The van der Waals surface area contributed by atoms with Gasteiger partial charge in [0.25, 0.3) is 0 Å². The van der Waals surface area contributed by atoms with Crippen LogP contribution >= 0.6 is 22.9 Å². The molecule has 1 unspecified atom stereocenters. The summed E-state index contributed by atoms with van der Waals surface area (Å²) in [5.74, 6) is 0.492. The van der Waals surface area contributed by atoms with Crippen molar-refractivity contribution in [2.75, 3.05) is 25.2 Å². The molecule has 78 valence electrons. The van der Waals surface area contributed by atoms with Crippen LogP contribution in [0.2, 0.25) is 0 Å². The van der Waals surface area contributed by atoms with Crippen LogP contribution in [0, 0.1) is 0 Å². The smallest absolute Gasteiger partial charge is 0.185 e. The van der Waals surface area contributed by atoms with Crippen molar-refractivity contribution in [3.63, 3.8) is 0 Å². The van der Waals surface area contributed by atoms with Gasteiger partial charge in [-0.15, -0.1) is 22.9 Å². The molecule has 2 heterocycles. The summed E-state index contributed by atoms with van der Waals surface area (Å²) in [7, 11) is 2.07. The van der Waals surface area contributed by atoms with E-state index in [0.29, 0.717) is 11.9 Å². The van der Waals surface area contributed by atoms with Crippen molar-refractivity contribution in [3.05, 3.63) is 11.1 Å². The molecule has 1 fully saturated rings. The van der Waals surface area contributed by atoms with Crippen LogP contribution in [-0.2, 0) is 10.6 Å². The van der Waals surface area contributed by atoms with Crippen molar-refractivity contribution in [3.8, 4) is 0 Å². The van der Waals surface area contributed by atoms with Gasteiger partial charge in [0.1, 0.15) is 0 Å². The topological polar surface area (TPSA) is 25.4 Å². The number of hydrogen-bond acceptors (Lipinski definition) is 4. The summed E-state index contributed by atoms with van der Waals surface area (Å²) >= 11 is 7.35. The molecule has 1 aliphatic rings. The van der Waals surface area contributed by atoms with Gasteiger partial charge in [0.05, 0.1) is 24.2 Å². The molecule has 2 rings (SSSR count). The number of nitrogens with zero attached hydrogens (tertiary/aromatic N) is 2. The fourth-order valence-electron chi connectivity index (χ4n) is 1.50. The van der Waals surface area contributed by atoms with E-state index >= 15 is 0 Å². The molecule has 0 bridgehead atoms. The fraction of sp³-hybridized carbons (Fsp3) is 0.667. The third-order valence-electron chi connectivity index (χ3n) is 2.43. The predicted octanol–water partition coefficient (Wildman–Crippen LogP) is 2.11. The molecule has 1 atom stereocenters. The molecular weight excluding hydrogens is 220 g/mol. The van der Waals surface area contributed by atoms with E-state index in [0.717, 1.165) is 30.5 Å². The molecule has 3 nitrogen and oxygen atoms in total. The van der Waals surface area contributed by atoms with Crippen LogP contribution in [0.25, 0.3) is 0 Å². The number of alkyl halides is 1. The zero-order valence-electron chi connectivity index (χ0n) is 8.07. The van der Waals surface area contributed by atoms with Crippen molar-refractivity contribution >= 4 is 28.1 Å². The Morgan fingerprint density at radius 3 is 3.21 bits per heavy atom. The van der Waals surface area contributed by atoms with Crippen LogP contribution in [-0.4, -0.2) is 31.3 Å². The molecule has 5 heteroatoms. The van der Waals surface area contributed by atoms with Crippen LogP contribution in [0.3, 0.4) is 0 Å². The summed E-state index contributed by atoms with van der Waals surface area (Å²) < 4.78 is 5.34. The van der Waals surface area contributed by atoms with Crippen molar-refractivity contribution in [2.24, 2.45) is 0 Å². The molecule has 0 spiro atoms. The molecule has 0 N–H and O–H groups in total. The van der Waals surface area contributed by atoms with Gasteiger partial charge in [-0.25, -0.2) is 4.98 Å². The Balaban J connectivity index is 2.05. The van der Waals surface area contributed by atoms with Crippen molar-refractivity contribution in [1.82, 2.24) is 4.98 Å². The molecule has 1 aliphatic heterocycles. The summed E-state index contributed by atoms with van der Waals surface area (Å²) in [5.41, 5.74) is 0.956. The first kappa shape index (κ1) is 10.2. The number of halogens is 1. The van der Waals surface area contributed by atoms with Gasteiger partial charge in [0, 0.05) is 19.0 Å². The molecule has 0 aliphatic carbocycles. The lowest BCUT2D eigenvalue weighted by atomic mass is 10.2. The van der Waals surface area contributed by atoms with Gasteiger partial charge < -0.3 is 9.64 Å². The highest BCUT2D eigenvalue weighted by molar-refractivity contribution is 7.13. The maximum atomic E-state index is 5.71. The van der Waals surface area contributed by atoms with E-state index in [1.807, 2.05) is 5.38 Å². The van der Waals surface area contributed by atoms with Gasteiger partial charge >= 0.3 is 0 Å². The van der Waals surface area contributed by atoms with Crippen LogP contribution in [0.15, 0.2) is 5.38 Å². The normalized spacial score (nSPS) is 21.4. The lowest BCUT2D eigenvalue weighted by molar-refractivity contribution is 0.193. The zero-order valence-corrected chi connectivity index (χ0v) is 9.64. The van der Waals surface area contributed by atoms with E-state index in [1.54, 1.807) is 11.3 Å². The summed E-state index contributed by atoms with van der Waals surface area (Å²) in [6.45, 7) is 1.68. The Bertz CT molecular complexity index is 299. The van der Waals surface area contributed by atoms with Gasteiger partial charge in [-0.1, -0.05) is 0 Å². The van der Waals surface area contributed by atoms with E-state index in [2.05, 4.69) is 16.9 Å². The Labute approximate surface area is 92.7 Å². The van der Waals surface area contributed by atoms with E-state index in [-0.39, 0.29) is 0 Å². The SMILES string of the molecule is CN(c1nc(CCl)cs1)C1CCOC1. The minimum Gasteiger partial charge on any atom is -0.379 e. The minimum absolute atomic E-state index is 0.476. The molecular formula is C9H13ClN2OS. The summed E-state index contributed by atoms with van der Waals surface area (Å²) in [6, 6.07) is 0.476. The number of ether oxygens (including phenoxy) is 1. The van der Waals surface area contributed by atoms with Crippen LogP contribution in [0.4, 0.5) is 5.13 Å². The highest BCUT2D eigenvalue weighted by atomic mass is 35.5. The second-order valence-electron chi connectivity index (χ2n) is 3.38. The monoisotopic (exact) mass is 232 g/mol. The second-order valence-corrected chi connectivity index (χ2v) is 4.49. The van der Waals surface area contributed by atoms with E-state index in [4.69, 9.17) is 16.3 Å². The van der Waals surface area contributed by atoms with Crippen LogP contribution in [0.5, 0.6) is 0 Å². The summed E-state index contributed by atoms with van der Waals surface area (Å²) in [5, 5.41) is 3.05. The third-order valence-corrected chi connectivity index (χ3v) is 3.69. The second kappa shape index (κ2) is 4.47. The molecule has 0 aromatic carbocycles. The standard InChI is InChI=1S/C9H13ClN2OS/c1-12(8-2-3-13-5-8)9-11-7(4-10)6-14-9/h6,8H,2-5H2,1H3. The average Bonchev–Trinajstić information content (AvgIpc) is 2.88. The Morgan fingerprint density at radius 1 is 1.79 bits per heavy atom. The Hall–Kier alpha value is -0.320. The number of hydrogen-bond donors (Lipinski definition) is 0. The zero-order chi connectivity index (χ0) is 9.97. The van der Waals surface area contributed by atoms with Gasteiger partial charge in [-0.2, -0.15) is 0 Å². The first-order valence-corrected chi connectivity index (χ1v) is 6.03. The van der Waals surface area contributed by atoms with Crippen molar-refractivity contribution in [1.29, 1.82) is 0 Å². The molecule has 1 aromatic rings. The quantitative estimate of drug-likeness (QED) is 0.747. The number of aromatic nitrogens is 1. The van der Waals surface area contributed by atoms with Crippen molar-refractivity contribution in [2.45, 2.75) is 18.3 Å². The van der Waals surface area contributed by atoms with E-state index in [9.17, 15) is 0 Å². The summed E-state index contributed by atoms with van der Waals surface area (Å²) in [4.78, 5) is 6.62. The first-order valence-electron chi connectivity index (χ1n) is 4.62. The van der Waals surface area contributed by atoms with E-state index in [1.165, 1.54) is 0 Å². The number of anilines is 1. The minimum atomic E-state index is 0.476. The van der Waals surface area contributed by atoms with Crippen molar-refractivity contribution < 1.29 is 4.74 Å². The summed E-state index contributed by atoms with van der Waals surface area (Å²) in [6.07, 6.45) is 1.09. The lowest BCUT2D eigenvalue weighted by Gasteiger charge is -2.21. The molecule has 1 saturated heterocycles. The molecule has 0 radical (unpaired) electrons. The maximum Gasteiger partial charge on any atom is 0.185 e. The number of rotatable bonds is 3. The van der Waals surface area contributed by atoms with Gasteiger partial charge in [-0.3, -0.25) is 0 Å². The van der Waals surface area contributed by atoms with Gasteiger partial charge in [0.2, 0.25) is 0 Å². The lowest BCUT2D eigenvalue weighted by Crippen LogP contribution is -2.31. The van der Waals surface area contributed by atoms with Crippen LogP contribution < -0.4 is 4.90 Å². The maximum absolute atomic E-state index is 5.71. The largest absolute Gasteiger partial charge is 0.379 e.